The van der Waals surface area contributed by atoms with Crippen LogP contribution < -0.4 is 0 Å². The number of carbonyl (C=O) groups is 2. The maximum absolute atomic E-state index is 11.6. The van der Waals surface area contributed by atoms with Gasteiger partial charge in [-0.3, -0.25) is 9.59 Å². The summed E-state index contributed by atoms with van der Waals surface area (Å²) >= 11 is 0. The summed E-state index contributed by atoms with van der Waals surface area (Å²) in [4.78, 5) is 44.2. The number of fused-ring (bicyclic) bond motifs is 4. The van der Waals surface area contributed by atoms with Crippen molar-refractivity contribution in [1.29, 1.82) is 0 Å². The van der Waals surface area contributed by atoms with Gasteiger partial charge in [0.15, 0.2) is 0 Å². The van der Waals surface area contributed by atoms with Crippen molar-refractivity contribution in [1.82, 2.24) is 0 Å². The molecular formula is C46H28N4O2. The minimum absolute atomic E-state index is 0.594. The van der Waals surface area contributed by atoms with Crippen molar-refractivity contribution in [3.05, 3.63) is 214 Å². The number of aliphatic imine (C=N–C) groups is 4. The molecule has 5 heterocycles. The minimum atomic E-state index is 0.594. The Bertz CT molecular complexity index is 2400. The molecule has 6 nitrogen and oxygen atoms in total. The van der Waals surface area contributed by atoms with E-state index in [4.69, 9.17) is 20.0 Å². The highest BCUT2D eigenvalue weighted by Gasteiger charge is 2.27. The van der Waals surface area contributed by atoms with Gasteiger partial charge in [-0.2, -0.15) is 0 Å². The van der Waals surface area contributed by atoms with Gasteiger partial charge in [0.2, 0.25) is 0 Å². The van der Waals surface area contributed by atoms with Gasteiger partial charge in [-0.1, -0.05) is 109 Å². The van der Waals surface area contributed by atoms with Gasteiger partial charge in [0.25, 0.3) is 0 Å². The van der Waals surface area contributed by atoms with Gasteiger partial charge >= 0.3 is 0 Å². The van der Waals surface area contributed by atoms with Crippen LogP contribution in [0, 0.1) is 0 Å². The van der Waals surface area contributed by atoms with Gasteiger partial charge in [-0.25, -0.2) is 20.0 Å². The Balaban J connectivity index is 1.36. The lowest BCUT2D eigenvalue weighted by Crippen LogP contribution is -2.03. The fraction of sp³-hybridized carbons (Fsp3) is 0. The fourth-order valence-electron chi connectivity index (χ4n) is 6.94. The lowest BCUT2D eigenvalue weighted by molar-refractivity contribution is 0.111. The Kier molecular flexibility index (Phi) is 7.67. The van der Waals surface area contributed by atoms with E-state index in [1.165, 1.54) is 0 Å². The first-order valence-electron chi connectivity index (χ1n) is 16.9. The van der Waals surface area contributed by atoms with Crippen molar-refractivity contribution in [2.24, 2.45) is 20.0 Å². The van der Waals surface area contributed by atoms with E-state index >= 15 is 0 Å². The number of hydrogen-bond acceptors (Lipinski definition) is 6. The first kappa shape index (κ1) is 30.8. The molecule has 4 aromatic rings. The average Bonchev–Trinajstić information content (AvgIpc) is 4.04. The lowest BCUT2D eigenvalue weighted by atomic mass is 9.98. The number of allylic oxidation sites excluding steroid dienone is 12. The number of nitrogens with zero attached hydrogens (tertiary/aromatic N) is 4. The molecule has 0 spiro atoms. The highest BCUT2D eigenvalue weighted by molar-refractivity contribution is 6.39. The molecule has 0 aromatic heterocycles. The molecule has 0 unspecified atom stereocenters. The lowest BCUT2D eigenvalue weighted by Gasteiger charge is -2.12. The first-order valence-corrected chi connectivity index (χ1v) is 16.9. The van der Waals surface area contributed by atoms with E-state index in [1.807, 2.05) is 134 Å². The first-order chi connectivity index (χ1) is 25.7. The largest absolute Gasteiger partial charge is 0.298 e. The molecule has 8 bridgehead atoms. The van der Waals surface area contributed by atoms with Gasteiger partial charge in [-0.05, 0) is 70.9 Å². The molecule has 0 saturated heterocycles. The van der Waals surface area contributed by atoms with Crippen LogP contribution in [0.2, 0.25) is 0 Å². The summed E-state index contributed by atoms with van der Waals surface area (Å²) in [5, 5.41) is 0. The molecule has 5 aliphatic heterocycles. The third-order valence-corrected chi connectivity index (χ3v) is 9.40. The summed E-state index contributed by atoms with van der Waals surface area (Å²) in [7, 11) is 0. The summed E-state index contributed by atoms with van der Waals surface area (Å²) < 4.78 is 0. The highest BCUT2D eigenvalue weighted by Crippen LogP contribution is 2.38. The van der Waals surface area contributed by atoms with E-state index in [0.717, 1.165) is 103 Å². The second-order valence-corrected chi connectivity index (χ2v) is 12.6. The van der Waals surface area contributed by atoms with Gasteiger partial charge in [0.05, 0.1) is 45.6 Å². The van der Waals surface area contributed by atoms with Crippen molar-refractivity contribution < 1.29 is 9.59 Å². The zero-order chi connectivity index (χ0) is 35.0. The van der Waals surface area contributed by atoms with E-state index in [9.17, 15) is 9.59 Å². The van der Waals surface area contributed by atoms with Crippen LogP contribution in [0.3, 0.4) is 0 Å². The quantitative estimate of drug-likeness (QED) is 0.192. The molecule has 6 heteroatoms. The van der Waals surface area contributed by atoms with Gasteiger partial charge in [0.1, 0.15) is 12.6 Å². The molecule has 9 rings (SSSR count). The van der Waals surface area contributed by atoms with Crippen LogP contribution >= 0.6 is 0 Å². The monoisotopic (exact) mass is 668 g/mol. The van der Waals surface area contributed by atoms with Crippen LogP contribution in [0.25, 0.3) is 22.3 Å². The summed E-state index contributed by atoms with van der Waals surface area (Å²) in [5.41, 5.74) is 14.5. The van der Waals surface area contributed by atoms with E-state index in [-0.39, 0.29) is 0 Å². The normalized spacial score (nSPS) is 17.2. The summed E-state index contributed by atoms with van der Waals surface area (Å²) in [6.07, 6.45) is 17.9. The molecule has 0 saturated carbocycles. The molecule has 0 amide bonds. The molecule has 0 atom stereocenters. The van der Waals surface area contributed by atoms with Crippen molar-refractivity contribution >= 4 is 57.7 Å². The molecular weight excluding hydrogens is 641 g/mol. The molecule has 5 aliphatic rings. The molecule has 0 fully saturated rings. The van der Waals surface area contributed by atoms with Crippen LogP contribution in [0.4, 0.5) is 0 Å². The third-order valence-electron chi connectivity index (χ3n) is 9.40. The van der Waals surface area contributed by atoms with Crippen LogP contribution in [-0.2, 0) is 0 Å². The highest BCUT2D eigenvalue weighted by atomic mass is 16.1. The third kappa shape index (κ3) is 5.49. The number of benzene rings is 4. The zero-order valence-corrected chi connectivity index (χ0v) is 27.8. The second kappa shape index (κ2) is 12.9. The molecule has 52 heavy (non-hydrogen) atoms. The van der Waals surface area contributed by atoms with Crippen LogP contribution in [0.5, 0.6) is 0 Å². The maximum atomic E-state index is 11.6. The Morgan fingerprint density at radius 2 is 0.577 bits per heavy atom. The Labute approximate surface area is 300 Å². The molecule has 0 radical (unpaired) electrons. The van der Waals surface area contributed by atoms with Gasteiger partial charge < -0.3 is 0 Å². The molecule has 244 valence electrons. The molecule has 0 N–H and O–H groups in total. The average molecular weight is 669 g/mol. The predicted octanol–water partition coefficient (Wildman–Crippen LogP) is 9.31. The summed E-state index contributed by atoms with van der Waals surface area (Å²) in [6.45, 7) is 0. The van der Waals surface area contributed by atoms with E-state index in [1.54, 1.807) is 0 Å². The molecule has 4 aromatic carbocycles. The standard InChI is InChI=1S/C46H28N4O2/c51-27-29-11-15-33(16-12-29)45-39-23-19-35(47-39)43(31-7-3-1-4-8-31)36-20-24-40(48-36)46(34-17-13-30(28-52)14-18-34)42-26-22-38(50-42)44(32-9-5-2-6-10-32)37-21-25-41(45)49-37/h1-28H. The molecule has 0 aliphatic carbocycles. The summed E-state index contributed by atoms with van der Waals surface area (Å²) in [6, 6.07) is 35.4. The van der Waals surface area contributed by atoms with Crippen LogP contribution in [-0.4, -0.2) is 35.4 Å². The number of carbonyl (C=O) groups excluding carboxylic acids is 2. The van der Waals surface area contributed by atoms with Gasteiger partial charge in [-0.15, -0.1) is 0 Å². The van der Waals surface area contributed by atoms with Gasteiger partial charge in [0, 0.05) is 33.4 Å². The van der Waals surface area contributed by atoms with Crippen LogP contribution in [0.15, 0.2) is 201 Å². The number of hydrogen-bond donors (Lipinski definition) is 0. The Hall–Kier alpha value is -7.18. The van der Waals surface area contributed by atoms with E-state index < -0.39 is 0 Å². The number of rotatable bonds is 6. The SMILES string of the molecule is O=Cc1ccc(C2=C3C=CC(=N3)C(c3ccccc3)=C3C=CC(=N3)C(c3ccc(C=O)cc3)=C3C=CC(=N3)C(c3ccccc3)=C3C=CC2=N3)cc1. The summed E-state index contributed by atoms with van der Waals surface area (Å²) in [5.74, 6) is 0. The van der Waals surface area contributed by atoms with Crippen molar-refractivity contribution in [3.8, 4) is 0 Å². The fourth-order valence-corrected chi connectivity index (χ4v) is 6.94. The van der Waals surface area contributed by atoms with Crippen molar-refractivity contribution in [2.45, 2.75) is 0 Å². The van der Waals surface area contributed by atoms with E-state index in [0.29, 0.717) is 11.1 Å². The van der Waals surface area contributed by atoms with Crippen molar-refractivity contribution in [3.63, 3.8) is 0 Å². The predicted molar refractivity (Wildman–Crippen MR) is 211 cm³/mol. The second-order valence-electron chi connectivity index (χ2n) is 12.6. The van der Waals surface area contributed by atoms with Crippen molar-refractivity contribution in [2.75, 3.05) is 0 Å². The smallest absolute Gasteiger partial charge is 0.150 e. The minimum Gasteiger partial charge on any atom is -0.298 e. The Morgan fingerprint density at radius 3 is 0.846 bits per heavy atom. The topological polar surface area (TPSA) is 83.6 Å². The Morgan fingerprint density at radius 1 is 0.308 bits per heavy atom. The van der Waals surface area contributed by atoms with Crippen LogP contribution in [0.1, 0.15) is 43.0 Å². The number of aldehydes is 2. The van der Waals surface area contributed by atoms with E-state index in [2.05, 4.69) is 24.3 Å². The maximum Gasteiger partial charge on any atom is 0.150 e. The zero-order valence-electron chi connectivity index (χ0n) is 27.8.